The highest BCUT2D eigenvalue weighted by molar-refractivity contribution is 7.98. The monoisotopic (exact) mass is 372 g/mol. The Labute approximate surface area is 158 Å². The Morgan fingerprint density at radius 1 is 1.16 bits per heavy atom. The van der Waals surface area contributed by atoms with Gasteiger partial charge in [0.05, 0.1) is 0 Å². The lowest BCUT2D eigenvalue weighted by Crippen LogP contribution is -2.42. The first-order chi connectivity index (χ1) is 12.2. The number of benzene rings is 2. The maximum Gasteiger partial charge on any atom is 0.130 e. The van der Waals surface area contributed by atoms with Gasteiger partial charge in [-0.3, -0.25) is 0 Å². The largest absolute Gasteiger partial charge is 0.457 e. The van der Waals surface area contributed by atoms with Crippen molar-refractivity contribution in [3.05, 3.63) is 58.6 Å². The first-order valence-electron chi connectivity index (χ1n) is 8.69. The number of piperidine rings is 1. The smallest absolute Gasteiger partial charge is 0.130 e. The summed E-state index contributed by atoms with van der Waals surface area (Å²) in [5.41, 5.74) is 2.36. The van der Waals surface area contributed by atoms with Gasteiger partial charge in [-0.05, 0) is 73.2 Å². The topological polar surface area (TPSA) is 24.8 Å². The van der Waals surface area contributed by atoms with E-state index in [2.05, 4.69) is 29.2 Å². The van der Waals surface area contributed by atoms with E-state index in [-0.39, 0.29) is 0 Å². The molecular formula is C20H21ClN2OS. The molecule has 25 heavy (non-hydrogen) atoms. The SMILES string of the molecule is Cc1cc(Cl)ccc1Oc1ccc([C@@H]2CCCN3CCSN=C23)cc1. The van der Waals surface area contributed by atoms with Crippen LogP contribution in [0.25, 0.3) is 0 Å². The zero-order valence-corrected chi connectivity index (χ0v) is 15.8. The van der Waals surface area contributed by atoms with Crippen LogP contribution in [0.5, 0.6) is 11.5 Å². The summed E-state index contributed by atoms with van der Waals surface area (Å²) in [5.74, 6) is 4.46. The molecule has 1 atom stereocenters. The quantitative estimate of drug-likeness (QED) is 0.648. The van der Waals surface area contributed by atoms with E-state index in [1.54, 1.807) is 11.9 Å². The second kappa shape index (κ2) is 7.30. The van der Waals surface area contributed by atoms with E-state index in [0.29, 0.717) is 5.92 Å². The van der Waals surface area contributed by atoms with Crippen LogP contribution in [0.15, 0.2) is 46.9 Å². The second-order valence-electron chi connectivity index (χ2n) is 6.55. The minimum atomic E-state index is 0.410. The Balaban J connectivity index is 1.52. The molecule has 0 bridgehead atoms. The molecule has 5 heteroatoms. The molecule has 0 aliphatic carbocycles. The minimum absolute atomic E-state index is 0.410. The zero-order chi connectivity index (χ0) is 17.2. The predicted molar refractivity (Wildman–Crippen MR) is 106 cm³/mol. The van der Waals surface area contributed by atoms with Crippen LogP contribution >= 0.6 is 23.5 Å². The van der Waals surface area contributed by atoms with Gasteiger partial charge in [0.25, 0.3) is 0 Å². The molecule has 0 spiro atoms. The molecule has 3 nitrogen and oxygen atoms in total. The lowest BCUT2D eigenvalue weighted by molar-refractivity contribution is 0.371. The standard InChI is InChI=1S/C20H21ClN2OS/c1-14-13-16(21)6-9-19(14)24-17-7-4-15(5-8-17)18-3-2-10-23-11-12-25-22-20(18)23/h4-9,13,18H,2-3,10-12H2,1H3/t18-/m0/s1. The van der Waals surface area contributed by atoms with E-state index in [9.17, 15) is 0 Å². The highest BCUT2D eigenvalue weighted by atomic mass is 35.5. The molecule has 2 aromatic rings. The molecule has 1 saturated heterocycles. The second-order valence-corrected chi connectivity index (χ2v) is 7.83. The van der Waals surface area contributed by atoms with Crippen LogP contribution in [0, 0.1) is 6.92 Å². The maximum atomic E-state index is 6.01. The summed E-state index contributed by atoms with van der Waals surface area (Å²) in [6.07, 6.45) is 2.41. The van der Waals surface area contributed by atoms with Crippen LogP contribution in [0.3, 0.4) is 0 Å². The molecule has 0 aromatic heterocycles. The summed E-state index contributed by atoms with van der Waals surface area (Å²) in [4.78, 5) is 2.45. The van der Waals surface area contributed by atoms with E-state index in [1.165, 1.54) is 24.2 Å². The van der Waals surface area contributed by atoms with Crippen molar-refractivity contribution in [2.24, 2.45) is 4.40 Å². The summed E-state index contributed by atoms with van der Waals surface area (Å²) >= 11 is 7.71. The van der Waals surface area contributed by atoms with Crippen molar-refractivity contribution in [1.29, 1.82) is 0 Å². The number of ether oxygens (including phenoxy) is 1. The van der Waals surface area contributed by atoms with Crippen molar-refractivity contribution < 1.29 is 4.74 Å². The third-order valence-corrected chi connectivity index (χ3v) is 5.73. The van der Waals surface area contributed by atoms with E-state index in [1.807, 2.05) is 25.1 Å². The van der Waals surface area contributed by atoms with E-state index in [0.717, 1.165) is 40.9 Å². The number of hydrogen-bond donors (Lipinski definition) is 0. The Kier molecular flexibility index (Phi) is 4.91. The third-order valence-electron chi connectivity index (χ3n) is 4.81. The van der Waals surface area contributed by atoms with Gasteiger partial charge in [0.1, 0.15) is 17.3 Å². The highest BCUT2D eigenvalue weighted by Crippen LogP contribution is 2.34. The molecule has 130 valence electrons. The number of halogens is 1. The van der Waals surface area contributed by atoms with Crippen molar-refractivity contribution in [3.63, 3.8) is 0 Å². The van der Waals surface area contributed by atoms with Crippen molar-refractivity contribution in [3.8, 4) is 11.5 Å². The van der Waals surface area contributed by atoms with Crippen LogP contribution < -0.4 is 4.74 Å². The van der Waals surface area contributed by atoms with E-state index >= 15 is 0 Å². The van der Waals surface area contributed by atoms with Gasteiger partial charge < -0.3 is 9.64 Å². The molecule has 1 fully saturated rings. The van der Waals surface area contributed by atoms with Gasteiger partial charge in [-0.25, -0.2) is 4.40 Å². The predicted octanol–water partition coefficient (Wildman–Crippen LogP) is 5.68. The molecule has 2 aliphatic rings. The molecule has 0 N–H and O–H groups in total. The van der Waals surface area contributed by atoms with Crippen LogP contribution in [-0.2, 0) is 0 Å². The van der Waals surface area contributed by atoms with E-state index < -0.39 is 0 Å². The first-order valence-corrected chi connectivity index (χ1v) is 10.0. The summed E-state index contributed by atoms with van der Waals surface area (Å²) in [6, 6.07) is 14.2. The average Bonchev–Trinajstić information content (AvgIpc) is 2.64. The van der Waals surface area contributed by atoms with Gasteiger partial charge in [-0.2, -0.15) is 0 Å². The van der Waals surface area contributed by atoms with Gasteiger partial charge in [0, 0.05) is 29.8 Å². The Hall–Kier alpha value is -1.65. The molecule has 2 aliphatic heterocycles. The summed E-state index contributed by atoms with van der Waals surface area (Å²) in [7, 11) is 0. The van der Waals surface area contributed by atoms with Crippen LogP contribution in [0.2, 0.25) is 5.02 Å². The van der Waals surface area contributed by atoms with Gasteiger partial charge in [-0.1, -0.05) is 23.7 Å². The normalized spacial score (nSPS) is 20.0. The van der Waals surface area contributed by atoms with Crippen LogP contribution in [-0.4, -0.2) is 29.6 Å². The molecule has 2 heterocycles. The van der Waals surface area contributed by atoms with Gasteiger partial charge in [0.15, 0.2) is 0 Å². The number of rotatable bonds is 3. The fraction of sp³-hybridized carbons (Fsp3) is 0.350. The van der Waals surface area contributed by atoms with Crippen LogP contribution in [0.4, 0.5) is 0 Å². The van der Waals surface area contributed by atoms with E-state index in [4.69, 9.17) is 20.7 Å². The fourth-order valence-electron chi connectivity index (χ4n) is 3.50. The molecule has 0 unspecified atom stereocenters. The first kappa shape index (κ1) is 16.8. The highest BCUT2D eigenvalue weighted by Gasteiger charge is 2.29. The van der Waals surface area contributed by atoms with Crippen molar-refractivity contribution >= 4 is 29.4 Å². The van der Waals surface area contributed by atoms with Gasteiger partial charge in [-0.15, -0.1) is 0 Å². The third kappa shape index (κ3) is 3.65. The van der Waals surface area contributed by atoms with Crippen molar-refractivity contribution in [2.45, 2.75) is 25.7 Å². The molecule has 4 rings (SSSR count). The Morgan fingerprint density at radius 3 is 2.80 bits per heavy atom. The molecule has 0 saturated carbocycles. The van der Waals surface area contributed by atoms with Gasteiger partial charge in [0.2, 0.25) is 0 Å². The summed E-state index contributed by atoms with van der Waals surface area (Å²) < 4.78 is 10.7. The van der Waals surface area contributed by atoms with Crippen molar-refractivity contribution in [2.75, 3.05) is 18.8 Å². The molecule has 2 aromatic carbocycles. The number of fused-ring (bicyclic) bond motifs is 1. The Morgan fingerprint density at radius 2 is 2.00 bits per heavy atom. The summed E-state index contributed by atoms with van der Waals surface area (Å²) in [5, 5.41) is 0.730. The number of amidine groups is 1. The zero-order valence-electron chi connectivity index (χ0n) is 14.2. The Bertz CT molecular complexity index is 791. The maximum absolute atomic E-state index is 6.01. The lowest BCUT2D eigenvalue weighted by atomic mass is 9.89. The minimum Gasteiger partial charge on any atom is -0.457 e. The number of aryl methyl sites for hydroxylation is 1. The fourth-order valence-corrected chi connectivity index (χ4v) is 4.49. The number of nitrogens with zero attached hydrogens (tertiary/aromatic N) is 2. The van der Waals surface area contributed by atoms with Crippen molar-refractivity contribution in [1.82, 2.24) is 4.90 Å². The number of hydrogen-bond acceptors (Lipinski definition) is 4. The average molecular weight is 373 g/mol. The lowest BCUT2D eigenvalue weighted by Gasteiger charge is -2.37. The van der Waals surface area contributed by atoms with Gasteiger partial charge >= 0.3 is 0 Å². The molecule has 0 radical (unpaired) electrons. The molecular weight excluding hydrogens is 352 g/mol. The summed E-state index contributed by atoms with van der Waals surface area (Å²) in [6.45, 7) is 4.27. The molecule has 0 amide bonds. The van der Waals surface area contributed by atoms with Crippen LogP contribution in [0.1, 0.15) is 29.9 Å².